The summed E-state index contributed by atoms with van der Waals surface area (Å²) < 4.78 is 0. The van der Waals surface area contributed by atoms with E-state index in [9.17, 15) is 5.11 Å². The fraction of sp³-hybridized carbons (Fsp3) is 0.600. The van der Waals surface area contributed by atoms with Crippen LogP contribution >= 0.6 is 0 Å². The third kappa shape index (κ3) is 3.31. The van der Waals surface area contributed by atoms with Crippen molar-refractivity contribution in [2.75, 3.05) is 13.6 Å². The van der Waals surface area contributed by atoms with Gasteiger partial charge in [-0.25, -0.2) is 0 Å². The largest absolute Gasteiger partial charge is 0.389 e. The van der Waals surface area contributed by atoms with Crippen molar-refractivity contribution in [1.82, 2.24) is 4.90 Å². The van der Waals surface area contributed by atoms with Crippen molar-refractivity contribution in [3.05, 3.63) is 35.4 Å². The van der Waals surface area contributed by atoms with Crippen molar-refractivity contribution in [3.63, 3.8) is 0 Å². The average Bonchev–Trinajstić information content (AvgIpc) is 2.76. The van der Waals surface area contributed by atoms with E-state index in [1.807, 2.05) is 12.1 Å². The lowest BCUT2D eigenvalue weighted by Crippen LogP contribution is -2.38. The van der Waals surface area contributed by atoms with E-state index < -0.39 is 5.60 Å². The molecule has 1 fully saturated rings. The summed E-state index contributed by atoms with van der Waals surface area (Å²) in [6, 6.07) is 8.27. The minimum absolute atomic E-state index is 0.466. The van der Waals surface area contributed by atoms with Gasteiger partial charge in [-0.2, -0.15) is 0 Å². The molecule has 3 heteroatoms. The summed E-state index contributed by atoms with van der Waals surface area (Å²) in [6.45, 7) is 2.19. The molecule has 1 saturated carbocycles. The van der Waals surface area contributed by atoms with Crippen LogP contribution in [0.4, 0.5) is 0 Å². The summed E-state index contributed by atoms with van der Waals surface area (Å²) in [5.41, 5.74) is 7.75. The Bertz CT molecular complexity index is 386. The zero-order valence-electron chi connectivity index (χ0n) is 11.2. The fourth-order valence-electron chi connectivity index (χ4n) is 2.95. The Morgan fingerprint density at radius 3 is 2.44 bits per heavy atom. The third-order valence-electron chi connectivity index (χ3n) is 3.88. The maximum absolute atomic E-state index is 10.4. The van der Waals surface area contributed by atoms with Crippen molar-refractivity contribution >= 4 is 0 Å². The van der Waals surface area contributed by atoms with E-state index in [4.69, 9.17) is 5.73 Å². The molecule has 1 aromatic carbocycles. The van der Waals surface area contributed by atoms with Gasteiger partial charge in [0.25, 0.3) is 0 Å². The maximum atomic E-state index is 10.4. The van der Waals surface area contributed by atoms with Gasteiger partial charge in [0.1, 0.15) is 0 Å². The predicted molar refractivity (Wildman–Crippen MR) is 74.1 cm³/mol. The van der Waals surface area contributed by atoms with Crippen LogP contribution in [0.2, 0.25) is 0 Å². The molecule has 3 nitrogen and oxygen atoms in total. The number of nitrogens with two attached hydrogens (primary N) is 1. The lowest BCUT2D eigenvalue weighted by atomic mass is 10.0. The lowest BCUT2D eigenvalue weighted by molar-refractivity contribution is 0.0145. The first-order valence-electron chi connectivity index (χ1n) is 6.81. The Balaban J connectivity index is 1.96. The molecule has 0 heterocycles. The van der Waals surface area contributed by atoms with Gasteiger partial charge >= 0.3 is 0 Å². The molecule has 0 radical (unpaired) electrons. The molecular formula is C15H24N2O. The van der Waals surface area contributed by atoms with E-state index in [1.165, 1.54) is 11.1 Å². The molecule has 0 amide bonds. The second-order valence-electron chi connectivity index (χ2n) is 5.58. The number of benzene rings is 1. The van der Waals surface area contributed by atoms with Gasteiger partial charge in [-0.1, -0.05) is 37.1 Å². The highest BCUT2D eigenvalue weighted by molar-refractivity contribution is 5.26. The van der Waals surface area contributed by atoms with E-state index in [1.54, 1.807) is 0 Å². The van der Waals surface area contributed by atoms with Crippen LogP contribution in [0.1, 0.15) is 36.8 Å². The summed E-state index contributed by atoms with van der Waals surface area (Å²) in [7, 11) is 2.07. The normalized spacial score (nSPS) is 18.4. The molecular weight excluding hydrogens is 224 g/mol. The number of likely N-dealkylation sites (N-methyl/N-ethyl adjacent to an activating group) is 1. The van der Waals surface area contributed by atoms with Crippen LogP contribution < -0.4 is 5.73 Å². The summed E-state index contributed by atoms with van der Waals surface area (Å²) in [5.74, 6) is 0. The van der Waals surface area contributed by atoms with Crippen LogP contribution in [0.3, 0.4) is 0 Å². The van der Waals surface area contributed by atoms with Crippen molar-refractivity contribution in [2.45, 2.75) is 44.4 Å². The first-order valence-corrected chi connectivity index (χ1v) is 6.81. The van der Waals surface area contributed by atoms with Gasteiger partial charge in [-0.3, -0.25) is 4.90 Å². The highest BCUT2D eigenvalue weighted by Crippen LogP contribution is 2.30. The summed E-state index contributed by atoms with van der Waals surface area (Å²) >= 11 is 0. The molecule has 0 aliphatic heterocycles. The van der Waals surface area contributed by atoms with Crippen LogP contribution in [0, 0.1) is 0 Å². The van der Waals surface area contributed by atoms with E-state index in [2.05, 4.69) is 24.1 Å². The Morgan fingerprint density at radius 1 is 1.22 bits per heavy atom. The van der Waals surface area contributed by atoms with Gasteiger partial charge in [0.05, 0.1) is 5.60 Å². The topological polar surface area (TPSA) is 49.5 Å². The molecule has 18 heavy (non-hydrogen) atoms. The molecule has 1 aromatic rings. The molecule has 1 aliphatic carbocycles. The molecule has 1 aliphatic rings. The Morgan fingerprint density at radius 2 is 1.83 bits per heavy atom. The molecule has 0 bridgehead atoms. The number of hydrogen-bond donors (Lipinski definition) is 2. The molecule has 0 unspecified atom stereocenters. The molecule has 3 N–H and O–H groups in total. The summed E-state index contributed by atoms with van der Waals surface area (Å²) in [6.07, 6.45) is 4.19. The van der Waals surface area contributed by atoms with Gasteiger partial charge in [-0.05, 0) is 31.0 Å². The van der Waals surface area contributed by atoms with Crippen molar-refractivity contribution in [3.8, 4) is 0 Å². The van der Waals surface area contributed by atoms with Crippen LogP contribution in [-0.2, 0) is 13.1 Å². The zero-order valence-corrected chi connectivity index (χ0v) is 11.2. The number of hydrogen-bond acceptors (Lipinski definition) is 3. The van der Waals surface area contributed by atoms with Crippen LogP contribution in [0.15, 0.2) is 24.3 Å². The lowest BCUT2D eigenvalue weighted by Gasteiger charge is -2.29. The van der Waals surface area contributed by atoms with Crippen LogP contribution in [0.5, 0.6) is 0 Å². The van der Waals surface area contributed by atoms with Gasteiger partial charge in [-0.15, -0.1) is 0 Å². The van der Waals surface area contributed by atoms with E-state index in [-0.39, 0.29) is 0 Å². The zero-order chi connectivity index (χ0) is 13.0. The molecule has 0 aromatic heterocycles. The fourth-order valence-corrected chi connectivity index (χ4v) is 2.95. The van der Waals surface area contributed by atoms with Gasteiger partial charge in [0.15, 0.2) is 0 Å². The highest BCUT2D eigenvalue weighted by atomic mass is 16.3. The predicted octanol–water partition coefficient (Wildman–Crippen LogP) is 1.88. The van der Waals surface area contributed by atoms with Gasteiger partial charge in [0.2, 0.25) is 0 Å². The quantitative estimate of drug-likeness (QED) is 0.836. The Kier molecular flexibility index (Phi) is 4.38. The summed E-state index contributed by atoms with van der Waals surface area (Å²) in [4.78, 5) is 2.21. The smallest absolute Gasteiger partial charge is 0.0774 e. The minimum atomic E-state index is -0.466. The van der Waals surface area contributed by atoms with Crippen LogP contribution in [0.25, 0.3) is 0 Å². The molecule has 2 rings (SSSR count). The van der Waals surface area contributed by atoms with Crippen molar-refractivity contribution in [1.29, 1.82) is 0 Å². The SMILES string of the molecule is CN(Cc1ccccc1CN)CC1(O)CCCC1. The maximum Gasteiger partial charge on any atom is 0.0774 e. The third-order valence-corrected chi connectivity index (χ3v) is 3.88. The molecule has 100 valence electrons. The van der Waals surface area contributed by atoms with E-state index >= 15 is 0 Å². The van der Waals surface area contributed by atoms with Gasteiger partial charge < -0.3 is 10.8 Å². The second kappa shape index (κ2) is 5.83. The minimum Gasteiger partial charge on any atom is -0.389 e. The van der Waals surface area contributed by atoms with E-state index in [0.717, 1.165) is 38.8 Å². The van der Waals surface area contributed by atoms with Crippen LogP contribution in [-0.4, -0.2) is 29.2 Å². The summed E-state index contributed by atoms with van der Waals surface area (Å²) in [5, 5.41) is 10.4. The first kappa shape index (κ1) is 13.5. The first-order chi connectivity index (χ1) is 8.63. The standard InChI is InChI=1S/C15H24N2O/c1-17(12-15(18)8-4-5-9-15)11-14-7-3-2-6-13(14)10-16/h2-3,6-7,18H,4-5,8-12,16H2,1H3. The molecule has 0 spiro atoms. The Labute approximate surface area is 110 Å². The Hall–Kier alpha value is -0.900. The second-order valence-corrected chi connectivity index (χ2v) is 5.58. The average molecular weight is 248 g/mol. The van der Waals surface area contributed by atoms with E-state index in [0.29, 0.717) is 6.54 Å². The molecule has 0 atom stereocenters. The van der Waals surface area contributed by atoms with Crippen molar-refractivity contribution < 1.29 is 5.11 Å². The highest BCUT2D eigenvalue weighted by Gasteiger charge is 2.32. The number of rotatable bonds is 5. The monoisotopic (exact) mass is 248 g/mol. The molecule has 0 saturated heterocycles. The van der Waals surface area contributed by atoms with Crippen molar-refractivity contribution in [2.24, 2.45) is 5.73 Å². The number of nitrogens with zero attached hydrogens (tertiary/aromatic N) is 1. The number of aliphatic hydroxyl groups is 1. The van der Waals surface area contributed by atoms with Gasteiger partial charge in [0, 0.05) is 19.6 Å².